The van der Waals surface area contributed by atoms with E-state index in [2.05, 4.69) is 59.8 Å². The molecule has 0 aliphatic heterocycles. The maximum absolute atomic E-state index is 6.02. The maximum atomic E-state index is 6.02. The second kappa shape index (κ2) is 9.72. The first-order valence-electron chi connectivity index (χ1n) is 10.1. The number of thiocarbonyl (C=S) groups is 1. The fourth-order valence-electron chi connectivity index (χ4n) is 3.92. The summed E-state index contributed by atoms with van der Waals surface area (Å²) in [6, 6.07) is 20.6. The van der Waals surface area contributed by atoms with Crippen molar-refractivity contribution in [2.45, 2.75) is 26.3 Å². The molecule has 1 atom stereocenters. The van der Waals surface area contributed by atoms with E-state index >= 15 is 0 Å². The third kappa shape index (κ3) is 4.36. The number of nitrogens with zero attached hydrogens (tertiary/aromatic N) is 2. The molecule has 0 amide bonds. The molecule has 152 valence electrons. The van der Waals surface area contributed by atoms with Crippen LogP contribution < -0.4 is 10.5 Å². The van der Waals surface area contributed by atoms with Gasteiger partial charge in [0.25, 0.3) is 0 Å². The average Bonchev–Trinajstić information content (AvgIpc) is 3.22. The number of nitrogens with two attached hydrogens (primary N) is 1. The third-order valence-corrected chi connectivity index (χ3v) is 5.43. The Kier molecular flexibility index (Phi) is 7.07. The summed E-state index contributed by atoms with van der Waals surface area (Å²) in [5.41, 5.74) is 10.2. The van der Waals surface area contributed by atoms with E-state index in [9.17, 15) is 0 Å². The highest BCUT2D eigenvalue weighted by Crippen LogP contribution is 2.36. The first-order valence-corrected chi connectivity index (χ1v) is 10.5. The first kappa shape index (κ1) is 21.1. The SMILES string of the molecule is CCCN(CC)C(c1ccccc1OC)c1cccn1-c1ccccc1C(N)=S. The molecule has 0 saturated heterocycles. The number of para-hydroxylation sites is 2. The minimum Gasteiger partial charge on any atom is -0.496 e. The zero-order chi connectivity index (χ0) is 20.8. The van der Waals surface area contributed by atoms with Crippen molar-refractivity contribution in [1.29, 1.82) is 0 Å². The fourth-order valence-corrected chi connectivity index (χ4v) is 4.09. The minimum absolute atomic E-state index is 0.0468. The number of hydrogen-bond acceptors (Lipinski definition) is 3. The summed E-state index contributed by atoms with van der Waals surface area (Å²) in [7, 11) is 1.73. The standard InChI is InChI=1S/C24H29N3OS/c1-4-16-26(5-2)23(19-12-7-9-15-22(19)28-3)21-14-10-17-27(21)20-13-8-6-11-18(20)24(25)29/h6-15,17,23H,4-5,16H2,1-3H3,(H2,25,29). The van der Waals surface area contributed by atoms with Crippen LogP contribution in [0.5, 0.6) is 5.75 Å². The van der Waals surface area contributed by atoms with Gasteiger partial charge in [-0.15, -0.1) is 0 Å². The molecule has 0 bridgehead atoms. The lowest BCUT2D eigenvalue weighted by atomic mass is 9.99. The highest BCUT2D eigenvalue weighted by Gasteiger charge is 2.27. The zero-order valence-electron chi connectivity index (χ0n) is 17.3. The number of rotatable bonds is 9. The maximum Gasteiger partial charge on any atom is 0.124 e. The van der Waals surface area contributed by atoms with Gasteiger partial charge in [-0.2, -0.15) is 0 Å². The lowest BCUT2D eigenvalue weighted by Gasteiger charge is -2.33. The van der Waals surface area contributed by atoms with Gasteiger partial charge in [0.2, 0.25) is 0 Å². The highest BCUT2D eigenvalue weighted by atomic mass is 32.1. The molecular weight excluding hydrogens is 378 g/mol. The van der Waals surface area contributed by atoms with E-state index in [1.807, 2.05) is 30.3 Å². The lowest BCUT2D eigenvalue weighted by Crippen LogP contribution is -2.32. The molecule has 4 nitrogen and oxygen atoms in total. The van der Waals surface area contributed by atoms with Crippen molar-refractivity contribution in [1.82, 2.24) is 9.47 Å². The van der Waals surface area contributed by atoms with Crippen LogP contribution in [0.1, 0.15) is 43.1 Å². The smallest absolute Gasteiger partial charge is 0.124 e. The largest absolute Gasteiger partial charge is 0.496 e. The van der Waals surface area contributed by atoms with Crippen molar-refractivity contribution in [3.8, 4) is 11.4 Å². The molecule has 1 unspecified atom stereocenters. The van der Waals surface area contributed by atoms with E-state index in [4.69, 9.17) is 22.7 Å². The molecule has 29 heavy (non-hydrogen) atoms. The minimum atomic E-state index is 0.0468. The normalized spacial score (nSPS) is 12.1. The molecule has 5 heteroatoms. The second-order valence-corrected chi connectivity index (χ2v) is 7.40. The van der Waals surface area contributed by atoms with E-state index in [1.54, 1.807) is 7.11 Å². The molecule has 0 aliphatic rings. The summed E-state index contributed by atoms with van der Waals surface area (Å²) in [4.78, 5) is 2.88. The number of methoxy groups -OCH3 is 1. The van der Waals surface area contributed by atoms with Crippen molar-refractivity contribution < 1.29 is 4.74 Å². The van der Waals surface area contributed by atoms with Gasteiger partial charge >= 0.3 is 0 Å². The predicted octanol–water partition coefficient (Wildman–Crippen LogP) is 4.94. The van der Waals surface area contributed by atoms with Crippen molar-refractivity contribution in [2.24, 2.45) is 5.73 Å². The average molecular weight is 408 g/mol. The van der Waals surface area contributed by atoms with Gasteiger partial charge in [0.1, 0.15) is 10.7 Å². The van der Waals surface area contributed by atoms with Gasteiger partial charge < -0.3 is 15.0 Å². The molecule has 0 aliphatic carbocycles. The van der Waals surface area contributed by atoms with E-state index in [0.717, 1.165) is 47.8 Å². The Balaban J connectivity index is 2.22. The topological polar surface area (TPSA) is 43.4 Å². The molecule has 0 fully saturated rings. The molecule has 3 aromatic rings. The van der Waals surface area contributed by atoms with Crippen molar-refractivity contribution >= 4 is 17.2 Å². The summed E-state index contributed by atoms with van der Waals surface area (Å²) >= 11 is 5.32. The van der Waals surface area contributed by atoms with Crippen LogP contribution in [0.3, 0.4) is 0 Å². The Morgan fingerprint density at radius 1 is 1.07 bits per heavy atom. The molecule has 1 aromatic heterocycles. The van der Waals surface area contributed by atoms with Gasteiger partial charge in [-0.25, -0.2) is 0 Å². The monoisotopic (exact) mass is 407 g/mol. The lowest BCUT2D eigenvalue weighted by molar-refractivity contribution is 0.228. The molecule has 1 heterocycles. The van der Waals surface area contributed by atoms with Crippen LogP contribution in [0.15, 0.2) is 66.9 Å². The van der Waals surface area contributed by atoms with Gasteiger partial charge in [-0.05, 0) is 49.8 Å². The number of aromatic nitrogens is 1. The molecule has 0 radical (unpaired) electrons. The molecule has 0 spiro atoms. The van der Waals surface area contributed by atoms with Crippen LogP contribution in [0.2, 0.25) is 0 Å². The van der Waals surface area contributed by atoms with Crippen LogP contribution in [-0.4, -0.2) is 34.7 Å². The molecule has 3 rings (SSSR count). The second-order valence-electron chi connectivity index (χ2n) is 6.96. The number of ether oxygens (including phenoxy) is 1. The highest BCUT2D eigenvalue weighted by molar-refractivity contribution is 7.80. The van der Waals surface area contributed by atoms with Crippen LogP contribution in [0, 0.1) is 0 Å². The van der Waals surface area contributed by atoms with Gasteiger partial charge in [-0.3, -0.25) is 4.90 Å². The Hall–Kier alpha value is -2.63. The van der Waals surface area contributed by atoms with Crippen LogP contribution in [0.4, 0.5) is 0 Å². The summed E-state index contributed by atoms with van der Waals surface area (Å²) in [5.74, 6) is 0.891. The third-order valence-electron chi connectivity index (χ3n) is 5.21. The van der Waals surface area contributed by atoms with E-state index < -0.39 is 0 Å². The Morgan fingerprint density at radius 2 is 1.79 bits per heavy atom. The first-order chi connectivity index (χ1) is 14.1. The summed E-state index contributed by atoms with van der Waals surface area (Å²) in [6.45, 7) is 6.33. The summed E-state index contributed by atoms with van der Waals surface area (Å²) in [6.07, 6.45) is 3.15. The molecule has 2 N–H and O–H groups in total. The summed E-state index contributed by atoms with van der Waals surface area (Å²) in [5, 5.41) is 0. The van der Waals surface area contributed by atoms with Crippen molar-refractivity contribution in [3.05, 3.63) is 83.7 Å². The molecule has 0 saturated carbocycles. The Labute approximate surface area is 178 Å². The molecular formula is C24H29N3OS. The van der Waals surface area contributed by atoms with Gasteiger partial charge in [0.05, 0.1) is 18.8 Å². The van der Waals surface area contributed by atoms with E-state index in [0.29, 0.717) is 4.99 Å². The number of benzene rings is 2. The van der Waals surface area contributed by atoms with E-state index in [1.165, 1.54) is 0 Å². The molecule has 2 aromatic carbocycles. The van der Waals surface area contributed by atoms with Gasteiger partial charge in [-0.1, -0.05) is 56.4 Å². The van der Waals surface area contributed by atoms with Gasteiger partial charge in [0, 0.05) is 23.0 Å². The Morgan fingerprint density at radius 3 is 2.48 bits per heavy atom. The van der Waals surface area contributed by atoms with Crippen molar-refractivity contribution in [2.75, 3.05) is 20.2 Å². The Bertz CT molecular complexity index is 966. The van der Waals surface area contributed by atoms with E-state index in [-0.39, 0.29) is 6.04 Å². The summed E-state index contributed by atoms with van der Waals surface area (Å²) < 4.78 is 7.93. The zero-order valence-corrected chi connectivity index (χ0v) is 18.2. The number of hydrogen-bond donors (Lipinski definition) is 1. The predicted molar refractivity (Wildman–Crippen MR) is 124 cm³/mol. The van der Waals surface area contributed by atoms with Crippen LogP contribution >= 0.6 is 12.2 Å². The fraction of sp³-hybridized carbons (Fsp3) is 0.292. The van der Waals surface area contributed by atoms with Crippen molar-refractivity contribution in [3.63, 3.8) is 0 Å². The van der Waals surface area contributed by atoms with Gasteiger partial charge in [0.15, 0.2) is 0 Å². The quantitative estimate of drug-likeness (QED) is 0.510. The van der Waals surface area contributed by atoms with Crippen LogP contribution in [-0.2, 0) is 0 Å². The van der Waals surface area contributed by atoms with Crippen LogP contribution in [0.25, 0.3) is 5.69 Å².